The molecule has 1 unspecified atom stereocenters. The summed E-state index contributed by atoms with van der Waals surface area (Å²) in [5.74, 6) is -0.735. The normalized spacial score (nSPS) is 27.8. The Hall–Kier alpha value is -0.610. The molecule has 4 nitrogen and oxygen atoms in total. The molecule has 1 saturated heterocycles. The first kappa shape index (κ1) is 10.5. The summed E-state index contributed by atoms with van der Waals surface area (Å²) in [4.78, 5) is 11.0. The molecule has 0 radical (unpaired) electrons. The van der Waals surface area contributed by atoms with Gasteiger partial charge in [0.25, 0.3) is 0 Å². The SMILES string of the molecule is COCCCC1(C(=O)O)CCOC1. The molecule has 1 N–H and O–H groups in total. The van der Waals surface area contributed by atoms with E-state index < -0.39 is 11.4 Å². The van der Waals surface area contributed by atoms with Gasteiger partial charge in [0.05, 0.1) is 12.0 Å². The van der Waals surface area contributed by atoms with Crippen LogP contribution in [0.2, 0.25) is 0 Å². The molecular weight excluding hydrogens is 172 g/mol. The Morgan fingerprint density at radius 2 is 2.46 bits per heavy atom. The summed E-state index contributed by atoms with van der Waals surface area (Å²) in [7, 11) is 1.62. The number of hydrogen-bond donors (Lipinski definition) is 1. The maximum absolute atomic E-state index is 11.0. The third kappa shape index (κ3) is 2.42. The Labute approximate surface area is 77.8 Å². The molecular formula is C9H16O4. The van der Waals surface area contributed by atoms with Gasteiger partial charge in [-0.1, -0.05) is 0 Å². The molecule has 1 rings (SSSR count). The second-order valence-corrected chi connectivity index (χ2v) is 3.48. The molecule has 1 heterocycles. The predicted molar refractivity (Wildman–Crippen MR) is 46.6 cm³/mol. The molecule has 13 heavy (non-hydrogen) atoms. The summed E-state index contributed by atoms with van der Waals surface area (Å²) in [5.41, 5.74) is -0.640. The predicted octanol–water partition coefficient (Wildman–Crippen LogP) is 0.904. The number of ether oxygens (including phenoxy) is 2. The van der Waals surface area contributed by atoms with Crippen molar-refractivity contribution in [3.63, 3.8) is 0 Å². The van der Waals surface area contributed by atoms with E-state index >= 15 is 0 Å². The van der Waals surface area contributed by atoms with Crippen LogP contribution in [0.25, 0.3) is 0 Å². The van der Waals surface area contributed by atoms with Gasteiger partial charge < -0.3 is 14.6 Å². The highest BCUT2D eigenvalue weighted by Gasteiger charge is 2.41. The van der Waals surface area contributed by atoms with Crippen LogP contribution in [0.5, 0.6) is 0 Å². The van der Waals surface area contributed by atoms with Crippen molar-refractivity contribution in [2.75, 3.05) is 26.9 Å². The molecule has 0 amide bonds. The minimum atomic E-state index is -0.735. The first-order chi connectivity index (χ1) is 6.21. The largest absolute Gasteiger partial charge is 0.481 e. The number of rotatable bonds is 5. The lowest BCUT2D eigenvalue weighted by atomic mass is 9.83. The van der Waals surface area contributed by atoms with Crippen molar-refractivity contribution in [3.05, 3.63) is 0 Å². The molecule has 0 spiro atoms. The van der Waals surface area contributed by atoms with E-state index in [1.54, 1.807) is 7.11 Å². The fraction of sp³-hybridized carbons (Fsp3) is 0.889. The number of hydrogen-bond acceptors (Lipinski definition) is 3. The Bertz CT molecular complexity index is 172. The zero-order valence-corrected chi connectivity index (χ0v) is 7.91. The molecule has 0 bridgehead atoms. The molecule has 1 aliphatic heterocycles. The van der Waals surface area contributed by atoms with E-state index in [9.17, 15) is 4.79 Å². The van der Waals surface area contributed by atoms with Crippen LogP contribution in [0.3, 0.4) is 0 Å². The van der Waals surface area contributed by atoms with Crippen molar-refractivity contribution in [2.45, 2.75) is 19.3 Å². The van der Waals surface area contributed by atoms with Gasteiger partial charge in [0.1, 0.15) is 0 Å². The van der Waals surface area contributed by atoms with Gasteiger partial charge in [-0.25, -0.2) is 0 Å². The lowest BCUT2D eigenvalue weighted by Gasteiger charge is -2.21. The van der Waals surface area contributed by atoms with Gasteiger partial charge in [0, 0.05) is 20.3 Å². The average molecular weight is 188 g/mol. The molecule has 0 aromatic heterocycles. The van der Waals surface area contributed by atoms with Gasteiger partial charge in [-0.05, 0) is 19.3 Å². The van der Waals surface area contributed by atoms with E-state index in [-0.39, 0.29) is 0 Å². The molecule has 0 aromatic rings. The van der Waals surface area contributed by atoms with Crippen molar-refractivity contribution in [1.82, 2.24) is 0 Å². The maximum Gasteiger partial charge on any atom is 0.312 e. The highest BCUT2D eigenvalue weighted by Crippen LogP contribution is 2.33. The molecule has 0 aromatic carbocycles. The summed E-state index contributed by atoms with van der Waals surface area (Å²) < 4.78 is 10.0. The maximum atomic E-state index is 11.0. The van der Waals surface area contributed by atoms with Crippen molar-refractivity contribution in [2.24, 2.45) is 5.41 Å². The van der Waals surface area contributed by atoms with Crippen LogP contribution in [0.4, 0.5) is 0 Å². The zero-order valence-electron chi connectivity index (χ0n) is 7.91. The van der Waals surface area contributed by atoms with Crippen molar-refractivity contribution in [1.29, 1.82) is 0 Å². The molecule has 1 fully saturated rings. The first-order valence-corrected chi connectivity index (χ1v) is 4.51. The van der Waals surface area contributed by atoms with Crippen LogP contribution in [0.1, 0.15) is 19.3 Å². The monoisotopic (exact) mass is 188 g/mol. The van der Waals surface area contributed by atoms with E-state index in [0.717, 1.165) is 6.42 Å². The van der Waals surface area contributed by atoms with Gasteiger partial charge in [-0.2, -0.15) is 0 Å². The topological polar surface area (TPSA) is 55.8 Å². The smallest absolute Gasteiger partial charge is 0.312 e. The van der Waals surface area contributed by atoms with E-state index in [0.29, 0.717) is 32.7 Å². The van der Waals surface area contributed by atoms with Crippen LogP contribution in [0.15, 0.2) is 0 Å². The number of carbonyl (C=O) groups is 1. The number of carboxylic acids is 1. The van der Waals surface area contributed by atoms with Crippen LogP contribution in [0, 0.1) is 5.41 Å². The Morgan fingerprint density at radius 1 is 1.69 bits per heavy atom. The van der Waals surface area contributed by atoms with E-state index in [4.69, 9.17) is 14.6 Å². The summed E-state index contributed by atoms with van der Waals surface area (Å²) in [6.45, 7) is 1.54. The minimum absolute atomic E-state index is 0.353. The molecule has 0 saturated carbocycles. The van der Waals surface area contributed by atoms with Crippen LogP contribution >= 0.6 is 0 Å². The Kier molecular flexibility index (Phi) is 3.69. The molecule has 1 atom stereocenters. The standard InChI is InChI=1S/C9H16O4/c1-12-5-2-3-9(8(10)11)4-6-13-7-9/h2-7H2,1H3,(H,10,11). The number of methoxy groups -OCH3 is 1. The minimum Gasteiger partial charge on any atom is -0.481 e. The van der Waals surface area contributed by atoms with E-state index in [1.807, 2.05) is 0 Å². The van der Waals surface area contributed by atoms with Crippen molar-refractivity contribution < 1.29 is 19.4 Å². The summed E-state index contributed by atoms with van der Waals surface area (Å²) in [6.07, 6.45) is 2.06. The first-order valence-electron chi connectivity index (χ1n) is 4.51. The lowest BCUT2D eigenvalue weighted by molar-refractivity contribution is -0.149. The second kappa shape index (κ2) is 4.58. The van der Waals surface area contributed by atoms with Gasteiger partial charge in [-0.15, -0.1) is 0 Å². The molecule has 4 heteroatoms. The molecule has 76 valence electrons. The average Bonchev–Trinajstić information content (AvgIpc) is 2.55. The highest BCUT2D eigenvalue weighted by atomic mass is 16.5. The van der Waals surface area contributed by atoms with Crippen LogP contribution in [-0.4, -0.2) is 38.0 Å². The van der Waals surface area contributed by atoms with Gasteiger partial charge in [0.2, 0.25) is 0 Å². The fourth-order valence-corrected chi connectivity index (χ4v) is 1.63. The quantitative estimate of drug-likeness (QED) is 0.651. The summed E-state index contributed by atoms with van der Waals surface area (Å²) in [5, 5.41) is 9.04. The van der Waals surface area contributed by atoms with Gasteiger partial charge >= 0.3 is 5.97 Å². The third-order valence-electron chi connectivity index (χ3n) is 2.56. The van der Waals surface area contributed by atoms with Crippen molar-refractivity contribution in [3.8, 4) is 0 Å². The lowest BCUT2D eigenvalue weighted by Crippen LogP contribution is -2.31. The summed E-state index contributed by atoms with van der Waals surface area (Å²) in [6, 6.07) is 0. The Balaban J connectivity index is 2.43. The van der Waals surface area contributed by atoms with Gasteiger partial charge in [0.15, 0.2) is 0 Å². The Morgan fingerprint density at radius 3 is 2.92 bits per heavy atom. The molecule has 0 aliphatic carbocycles. The second-order valence-electron chi connectivity index (χ2n) is 3.48. The summed E-state index contributed by atoms with van der Waals surface area (Å²) >= 11 is 0. The highest BCUT2D eigenvalue weighted by molar-refractivity contribution is 5.75. The van der Waals surface area contributed by atoms with Crippen LogP contribution < -0.4 is 0 Å². The fourth-order valence-electron chi connectivity index (χ4n) is 1.63. The number of carboxylic acid groups (broad SMARTS) is 1. The number of aliphatic carboxylic acids is 1. The molecule has 1 aliphatic rings. The zero-order chi connectivity index (χ0) is 9.73. The van der Waals surface area contributed by atoms with Crippen LogP contribution in [-0.2, 0) is 14.3 Å². The third-order valence-corrected chi connectivity index (χ3v) is 2.56. The van der Waals surface area contributed by atoms with Gasteiger partial charge in [-0.3, -0.25) is 4.79 Å². The van der Waals surface area contributed by atoms with E-state index in [2.05, 4.69) is 0 Å². The van der Waals surface area contributed by atoms with Crippen molar-refractivity contribution >= 4 is 5.97 Å². The van der Waals surface area contributed by atoms with E-state index in [1.165, 1.54) is 0 Å².